The van der Waals surface area contributed by atoms with Gasteiger partial charge in [0.2, 0.25) is 10.0 Å². The molecule has 3 aromatic carbocycles. The van der Waals surface area contributed by atoms with E-state index in [1.54, 1.807) is 54.9 Å². The number of carbonyl (C=O) groups is 1. The fraction of sp³-hybridized carbons (Fsp3) is 0.0400. The number of benzene rings is 3. The van der Waals surface area contributed by atoms with Crippen LogP contribution in [0.1, 0.15) is 15.9 Å². The van der Waals surface area contributed by atoms with E-state index in [0.29, 0.717) is 17.2 Å². The van der Waals surface area contributed by atoms with E-state index >= 15 is 0 Å². The van der Waals surface area contributed by atoms with E-state index in [1.807, 2.05) is 30.3 Å². The predicted octanol–water partition coefficient (Wildman–Crippen LogP) is 4.60. The van der Waals surface area contributed by atoms with E-state index in [4.69, 9.17) is 4.74 Å². The SMILES string of the molecule is O=C(Nc1ccc(Oc2ccncc2)cc1)c1cccc(S(=O)(=O)NCc2ccccc2)c1. The molecule has 4 rings (SSSR count). The second-order valence-corrected chi connectivity index (χ2v) is 8.87. The van der Waals surface area contributed by atoms with Crippen LogP contribution in [0.25, 0.3) is 0 Å². The van der Waals surface area contributed by atoms with Crippen molar-refractivity contribution >= 4 is 21.6 Å². The van der Waals surface area contributed by atoms with Crippen LogP contribution in [-0.2, 0) is 16.6 Å². The first-order valence-electron chi connectivity index (χ1n) is 10.1. The van der Waals surface area contributed by atoms with Crippen molar-refractivity contribution in [2.45, 2.75) is 11.4 Å². The van der Waals surface area contributed by atoms with Crippen molar-refractivity contribution < 1.29 is 17.9 Å². The van der Waals surface area contributed by atoms with Crippen LogP contribution in [0, 0.1) is 0 Å². The summed E-state index contributed by atoms with van der Waals surface area (Å²) in [5.41, 5.74) is 1.62. The van der Waals surface area contributed by atoms with Crippen molar-refractivity contribution in [2.75, 3.05) is 5.32 Å². The second kappa shape index (κ2) is 10.1. The Morgan fingerprint density at radius 2 is 1.52 bits per heavy atom. The molecule has 4 aromatic rings. The molecule has 1 amide bonds. The zero-order chi connectivity index (χ0) is 23.1. The van der Waals surface area contributed by atoms with E-state index in [9.17, 15) is 13.2 Å². The van der Waals surface area contributed by atoms with Gasteiger partial charge in [0, 0.05) is 30.2 Å². The normalized spacial score (nSPS) is 11.0. The summed E-state index contributed by atoms with van der Waals surface area (Å²) in [7, 11) is -3.77. The minimum atomic E-state index is -3.77. The lowest BCUT2D eigenvalue weighted by molar-refractivity contribution is 0.102. The highest BCUT2D eigenvalue weighted by atomic mass is 32.2. The van der Waals surface area contributed by atoms with Crippen LogP contribution in [0.3, 0.4) is 0 Å². The Labute approximate surface area is 192 Å². The number of hydrogen-bond acceptors (Lipinski definition) is 5. The fourth-order valence-electron chi connectivity index (χ4n) is 3.01. The zero-order valence-corrected chi connectivity index (χ0v) is 18.3. The summed E-state index contributed by atoms with van der Waals surface area (Å²) in [6.07, 6.45) is 3.27. The van der Waals surface area contributed by atoms with E-state index in [1.165, 1.54) is 18.2 Å². The number of rotatable bonds is 8. The number of ether oxygens (including phenoxy) is 1. The molecule has 0 aliphatic rings. The van der Waals surface area contributed by atoms with Crippen LogP contribution in [0.5, 0.6) is 11.5 Å². The van der Waals surface area contributed by atoms with Gasteiger partial charge in [-0.3, -0.25) is 9.78 Å². The topological polar surface area (TPSA) is 97.4 Å². The van der Waals surface area contributed by atoms with Gasteiger partial charge in [-0.1, -0.05) is 36.4 Å². The van der Waals surface area contributed by atoms with Gasteiger partial charge in [-0.2, -0.15) is 0 Å². The predicted molar refractivity (Wildman–Crippen MR) is 126 cm³/mol. The number of hydrogen-bond donors (Lipinski definition) is 2. The van der Waals surface area contributed by atoms with Crippen LogP contribution in [0.4, 0.5) is 5.69 Å². The third kappa shape index (κ3) is 6.03. The number of nitrogens with zero attached hydrogens (tertiary/aromatic N) is 1. The van der Waals surface area contributed by atoms with Crippen molar-refractivity contribution in [3.05, 3.63) is 115 Å². The molecule has 0 aliphatic heterocycles. The maximum Gasteiger partial charge on any atom is 0.255 e. The summed E-state index contributed by atoms with van der Waals surface area (Å²) in [5.74, 6) is 0.843. The van der Waals surface area contributed by atoms with Crippen molar-refractivity contribution in [1.82, 2.24) is 9.71 Å². The first-order valence-corrected chi connectivity index (χ1v) is 11.6. The molecule has 0 unspecified atom stereocenters. The van der Waals surface area contributed by atoms with E-state index in [0.717, 1.165) is 5.56 Å². The molecule has 8 heteroatoms. The third-order valence-corrected chi connectivity index (χ3v) is 6.11. The number of sulfonamides is 1. The molecule has 0 aliphatic carbocycles. The van der Waals surface area contributed by atoms with Crippen molar-refractivity contribution in [2.24, 2.45) is 0 Å². The second-order valence-electron chi connectivity index (χ2n) is 7.10. The Morgan fingerprint density at radius 1 is 0.818 bits per heavy atom. The first-order chi connectivity index (χ1) is 16.0. The van der Waals surface area contributed by atoms with E-state index in [-0.39, 0.29) is 17.0 Å². The Bertz CT molecular complexity index is 1330. The molecule has 166 valence electrons. The van der Waals surface area contributed by atoms with Gasteiger partial charge >= 0.3 is 0 Å². The Hall–Kier alpha value is -4.01. The van der Waals surface area contributed by atoms with Gasteiger partial charge in [-0.15, -0.1) is 0 Å². The Balaban J connectivity index is 1.41. The number of amides is 1. The lowest BCUT2D eigenvalue weighted by Crippen LogP contribution is -2.23. The summed E-state index contributed by atoms with van der Waals surface area (Å²) in [4.78, 5) is 16.6. The molecule has 1 heterocycles. The van der Waals surface area contributed by atoms with Gasteiger partial charge in [0.05, 0.1) is 4.90 Å². The summed E-state index contributed by atoms with van der Waals surface area (Å²) in [5, 5.41) is 2.77. The first kappa shape index (κ1) is 22.2. The molecule has 33 heavy (non-hydrogen) atoms. The van der Waals surface area contributed by atoms with Crippen LogP contribution >= 0.6 is 0 Å². The summed E-state index contributed by atoms with van der Waals surface area (Å²) in [6, 6.07) is 25.5. The molecule has 0 atom stereocenters. The van der Waals surface area contributed by atoms with Gasteiger partial charge < -0.3 is 10.1 Å². The van der Waals surface area contributed by atoms with Gasteiger partial charge in [-0.25, -0.2) is 13.1 Å². The van der Waals surface area contributed by atoms with Crippen LogP contribution < -0.4 is 14.8 Å². The van der Waals surface area contributed by atoms with Crippen molar-refractivity contribution in [1.29, 1.82) is 0 Å². The Kier molecular flexibility index (Phi) is 6.77. The number of nitrogens with one attached hydrogen (secondary N) is 2. The molecular formula is C25H21N3O4S. The van der Waals surface area contributed by atoms with Crippen molar-refractivity contribution in [3.8, 4) is 11.5 Å². The zero-order valence-electron chi connectivity index (χ0n) is 17.5. The average molecular weight is 460 g/mol. The quantitative estimate of drug-likeness (QED) is 0.401. The number of carbonyl (C=O) groups excluding carboxylic acids is 1. The summed E-state index contributed by atoms with van der Waals surface area (Å²) in [6.45, 7) is 0.160. The van der Waals surface area contributed by atoms with Crippen LogP contribution in [0.2, 0.25) is 0 Å². The van der Waals surface area contributed by atoms with Crippen LogP contribution in [-0.4, -0.2) is 19.3 Å². The van der Waals surface area contributed by atoms with Gasteiger partial charge in [0.1, 0.15) is 11.5 Å². The summed E-state index contributed by atoms with van der Waals surface area (Å²) >= 11 is 0. The molecule has 1 aromatic heterocycles. The lowest BCUT2D eigenvalue weighted by Gasteiger charge is -2.10. The summed E-state index contributed by atoms with van der Waals surface area (Å²) < 4.78 is 33.6. The highest BCUT2D eigenvalue weighted by Crippen LogP contribution is 2.23. The highest BCUT2D eigenvalue weighted by molar-refractivity contribution is 7.89. The molecule has 0 fully saturated rings. The molecule has 0 saturated carbocycles. The van der Waals surface area contributed by atoms with E-state index < -0.39 is 15.9 Å². The monoisotopic (exact) mass is 459 g/mol. The molecule has 0 spiro atoms. The average Bonchev–Trinajstić information content (AvgIpc) is 2.85. The minimum absolute atomic E-state index is 0.0205. The molecule has 0 saturated heterocycles. The Morgan fingerprint density at radius 3 is 2.24 bits per heavy atom. The minimum Gasteiger partial charge on any atom is -0.457 e. The maximum atomic E-state index is 12.7. The smallest absolute Gasteiger partial charge is 0.255 e. The number of anilines is 1. The van der Waals surface area contributed by atoms with Gasteiger partial charge in [0.25, 0.3) is 5.91 Å². The van der Waals surface area contributed by atoms with E-state index in [2.05, 4.69) is 15.0 Å². The molecule has 7 nitrogen and oxygen atoms in total. The molecular weight excluding hydrogens is 438 g/mol. The van der Waals surface area contributed by atoms with Gasteiger partial charge in [-0.05, 0) is 60.2 Å². The molecule has 0 radical (unpaired) electrons. The highest BCUT2D eigenvalue weighted by Gasteiger charge is 2.16. The number of pyridine rings is 1. The largest absolute Gasteiger partial charge is 0.457 e. The third-order valence-electron chi connectivity index (χ3n) is 4.71. The van der Waals surface area contributed by atoms with Gasteiger partial charge in [0.15, 0.2) is 0 Å². The molecule has 0 bridgehead atoms. The standard InChI is InChI=1S/C25H21N3O4S/c29-25(28-21-9-11-22(12-10-21)32-23-13-15-26-16-14-23)20-7-4-8-24(17-20)33(30,31)27-18-19-5-2-1-3-6-19/h1-17,27H,18H2,(H,28,29). The number of aromatic nitrogens is 1. The fourth-order valence-corrected chi connectivity index (χ4v) is 4.08. The maximum absolute atomic E-state index is 12.7. The molecule has 2 N–H and O–H groups in total. The van der Waals surface area contributed by atoms with Crippen molar-refractivity contribution in [3.63, 3.8) is 0 Å². The lowest BCUT2D eigenvalue weighted by atomic mass is 10.2. The van der Waals surface area contributed by atoms with Crippen LogP contribution in [0.15, 0.2) is 108 Å².